The summed E-state index contributed by atoms with van der Waals surface area (Å²) in [4.78, 5) is 12.1. The zero-order valence-corrected chi connectivity index (χ0v) is 14.1. The van der Waals surface area contributed by atoms with Crippen LogP contribution >= 0.6 is 0 Å². The molecule has 0 aliphatic heterocycles. The lowest BCUT2D eigenvalue weighted by Gasteiger charge is -2.13. The third-order valence-electron chi connectivity index (χ3n) is 3.54. The van der Waals surface area contributed by atoms with Crippen molar-refractivity contribution in [1.82, 2.24) is 0 Å². The minimum Gasteiger partial charge on any atom is -0.491 e. The summed E-state index contributed by atoms with van der Waals surface area (Å²) >= 11 is 0. The molecule has 0 aliphatic carbocycles. The molecule has 122 valence electrons. The second-order valence-electron chi connectivity index (χ2n) is 5.84. The number of rotatable bonds is 6. The third-order valence-corrected chi connectivity index (χ3v) is 3.54. The van der Waals surface area contributed by atoms with Gasteiger partial charge in [0, 0.05) is 17.4 Å². The Labute approximate surface area is 137 Å². The first-order valence-electron chi connectivity index (χ1n) is 7.82. The van der Waals surface area contributed by atoms with E-state index < -0.39 is 0 Å². The van der Waals surface area contributed by atoms with Gasteiger partial charge >= 0.3 is 0 Å². The summed E-state index contributed by atoms with van der Waals surface area (Å²) in [6, 6.07) is 13.5. The predicted octanol–water partition coefficient (Wildman–Crippen LogP) is 4.14. The Morgan fingerprint density at radius 1 is 1.13 bits per heavy atom. The minimum absolute atomic E-state index is 0.0751. The minimum atomic E-state index is -0.0751. The Morgan fingerprint density at radius 3 is 2.61 bits per heavy atom. The molecule has 0 heterocycles. The number of hydrogen-bond donors (Lipinski definition) is 2. The normalized spacial score (nSPS) is 10.5. The van der Waals surface area contributed by atoms with Gasteiger partial charge in [-0.2, -0.15) is 0 Å². The first-order valence-corrected chi connectivity index (χ1v) is 7.82. The molecule has 0 fully saturated rings. The third kappa shape index (κ3) is 5.02. The van der Waals surface area contributed by atoms with Gasteiger partial charge in [-0.1, -0.05) is 18.2 Å². The number of carbonyl (C=O) groups excluding carboxylic acids is 1. The van der Waals surface area contributed by atoms with E-state index in [0.717, 1.165) is 28.3 Å². The summed E-state index contributed by atoms with van der Waals surface area (Å²) in [6.45, 7) is 8.21. The van der Waals surface area contributed by atoms with Crippen molar-refractivity contribution >= 4 is 17.3 Å². The number of amides is 1. The lowest BCUT2D eigenvalue weighted by Crippen LogP contribution is -2.22. The SMILES string of the molecule is Cc1cccc(NC(=O)CNc2cccc(OC(C)C)c2)c1C. The zero-order chi connectivity index (χ0) is 16.8. The van der Waals surface area contributed by atoms with E-state index in [9.17, 15) is 4.79 Å². The van der Waals surface area contributed by atoms with Crippen LogP contribution in [-0.2, 0) is 4.79 Å². The molecule has 0 bridgehead atoms. The fraction of sp³-hybridized carbons (Fsp3) is 0.316. The van der Waals surface area contributed by atoms with Crippen molar-refractivity contribution in [1.29, 1.82) is 0 Å². The van der Waals surface area contributed by atoms with Crippen molar-refractivity contribution in [2.45, 2.75) is 33.8 Å². The zero-order valence-electron chi connectivity index (χ0n) is 14.1. The molecule has 0 aromatic heterocycles. The number of aryl methyl sites for hydroxylation is 1. The maximum absolute atomic E-state index is 12.1. The maximum atomic E-state index is 12.1. The Balaban J connectivity index is 1.93. The van der Waals surface area contributed by atoms with Gasteiger partial charge < -0.3 is 15.4 Å². The molecule has 23 heavy (non-hydrogen) atoms. The predicted molar refractivity (Wildman–Crippen MR) is 95.2 cm³/mol. The Kier molecular flexibility index (Phi) is 5.63. The van der Waals surface area contributed by atoms with Gasteiger partial charge in [0.1, 0.15) is 5.75 Å². The van der Waals surface area contributed by atoms with E-state index in [-0.39, 0.29) is 18.6 Å². The highest BCUT2D eigenvalue weighted by Gasteiger charge is 2.06. The van der Waals surface area contributed by atoms with Crippen molar-refractivity contribution < 1.29 is 9.53 Å². The maximum Gasteiger partial charge on any atom is 0.243 e. The van der Waals surface area contributed by atoms with Crippen LogP contribution in [0.2, 0.25) is 0 Å². The van der Waals surface area contributed by atoms with E-state index in [0.29, 0.717) is 0 Å². The van der Waals surface area contributed by atoms with Crippen LogP contribution in [0.3, 0.4) is 0 Å². The van der Waals surface area contributed by atoms with E-state index in [1.165, 1.54) is 0 Å². The van der Waals surface area contributed by atoms with Crippen LogP contribution < -0.4 is 15.4 Å². The van der Waals surface area contributed by atoms with Crippen LogP contribution in [0, 0.1) is 13.8 Å². The lowest BCUT2D eigenvalue weighted by molar-refractivity contribution is -0.114. The monoisotopic (exact) mass is 312 g/mol. The van der Waals surface area contributed by atoms with Crippen LogP contribution in [0.15, 0.2) is 42.5 Å². The average Bonchev–Trinajstić information content (AvgIpc) is 2.50. The summed E-state index contributed by atoms with van der Waals surface area (Å²) in [5.41, 5.74) is 3.97. The molecule has 0 saturated heterocycles. The van der Waals surface area contributed by atoms with E-state index in [1.54, 1.807) is 0 Å². The van der Waals surface area contributed by atoms with Gasteiger partial charge in [-0.05, 0) is 57.0 Å². The topological polar surface area (TPSA) is 50.4 Å². The first-order chi connectivity index (χ1) is 11.0. The molecular weight excluding hydrogens is 288 g/mol. The van der Waals surface area contributed by atoms with Gasteiger partial charge in [0.2, 0.25) is 5.91 Å². The number of carbonyl (C=O) groups is 1. The molecule has 4 nitrogen and oxygen atoms in total. The Bertz CT molecular complexity index is 681. The summed E-state index contributed by atoms with van der Waals surface area (Å²) in [5.74, 6) is 0.716. The second kappa shape index (κ2) is 7.68. The van der Waals surface area contributed by atoms with Gasteiger partial charge in [-0.3, -0.25) is 4.79 Å². The largest absolute Gasteiger partial charge is 0.491 e. The molecule has 0 spiro atoms. The van der Waals surface area contributed by atoms with Crippen LogP contribution in [-0.4, -0.2) is 18.6 Å². The number of nitrogens with one attached hydrogen (secondary N) is 2. The molecule has 2 rings (SSSR count). The van der Waals surface area contributed by atoms with Crippen molar-refractivity contribution in [2.24, 2.45) is 0 Å². The average molecular weight is 312 g/mol. The summed E-state index contributed by atoms with van der Waals surface area (Å²) in [6.07, 6.45) is 0.123. The molecule has 2 aromatic carbocycles. The quantitative estimate of drug-likeness (QED) is 0.843. The summed E-state index contributed by atoms with van der Waals surface area (Å²) < 4.78 is 5.65. The van der Waals surface area contributed by atoms with E-state index in [1.807, 2.05) is 70.2 Å². The van der Waals surface area contributed by atoms with Crippen molar-refractivity contribution in [3.8, 4) is 5.75 Å². The van der Waals surface area contributed by atoms with Crippen LogP contribution in [0.1, 0.15) is 25.0 Å². The molecule has 0 unspecified atom stereocenters. The van der Waals surface area contributed by atoms with E-state index in [2.05, 4.69) is 10.6 Å². The summed E-state index contributed by atoms with van der Waals surface area (Å²) in [5, 5.41) is 6.06. The highest BCUT2D eigenvalue weighted by Crippen LogP contribution is 2.19. The Hall–Kier alpha value is -2.49. The van der Waals surface area contributed by atoms with E-state index >= 15 is 0 Å². The smallest absolute Gasteiger partial charge is 0.243 e. The molecule has 0 aliphatic rings. The van der Waals surface area contributed by atoms with Crippen molar-refractivity contribution in [3.63, 3.8) is 0 Å². The molecule has 2 N–H and O–H groups in total. The first kappa shape index (κ1) is 16.9. The van der Waals surface area contributed by atoms with Crippen molar-refractivity contribution in [2.75, 3.05) is 17.2 Å². The van der Waals surface area contributed by atoms with Gasteiger partial charge in [0.25, 0.3) is 0 Å². The second-order valence-corrected chi connectivity index (χ2v) is 5.84. The highest BCUT2D eigenvalue weighted by molar-refractivity contribution is 5.94. The van der Waals surface area contributed by atoms with E-state index in [4.69, 9.17) is 4.74 Å². The standard InChI is InChI=1S/C19H24N2O2/c1-13(2)23-17-9-6-8-16(11-17)20-12-19(22)21-18-10-5-7-14(3)15(18)4/h5-11,13,20H,12H2,1-4H3,(H,21,22). The van der Waals surface area contributed by atoms with Crippen LogP contribution in [0.5, 0.6) is 5.75 Å². The number of hydrogen-bond acceptors (Lipinski definition) is 3. The van der Waals surface area contributed by atoms with Crippen molar-refractivity contribution in [3.05, 3.63) is 53.6 Å². The molecule has 2 aromatic rings. The van der Waals surface area contributed by atoms with Gasteiger partial charge in [0.15, 0.2) is 0 Å². The number of benzene rings is 2. The van der Waals surface area contributed by atoms with Crippen LogP contribution in [0.4, 0.5) is 11.4 Å². The fourth-order valence-corrected chi connectivity index (χ4v) is 2.21. The number of ether oxygens (including phenoxy) is 1. The van der Waals surface area contributed by atoms with Gasteiger partial charge in [0.05, 0.1) is 12.6 Å². The number of anilines is 2. The molecule has 1 amide bonds. The molecular formula is C19H24N2O2. The molecule has 0 atom stereocenters. The highest BCUT2D eigenvalue weighted by atomic mass is 16.5. The lowest BCUT2D eigenvalue weighted by atomic mass is 10.1. The van der Waals surface area contributed by atoms with Crippen LogP contribution in [0.25, 0.3) is 0 Å². The fourth-order valence-electron chi connectivity index (χ4n) is 2.21. The summed E-state index contributed by atoms with van der Waals surface area (Å²) in [7, 11) is 0. The molecule has 0 radical (unpaired) electrons. The van der Waals surface area contributed by atoms with Gasteiger partial charge in [-0.25, -0.2) is 0 Å². The Morgan fingerprint density at radius 2 is 1.87 bits per heavy atom. The molecule has 4 heteroatoms. The molecule has 0 saturated carbocycles. The van der Waals surface area contributed by atoms with Gasteiger partial charge in [-0.15, -0.1) is 0 Å².